The lowest BCUT2D eigenvalue weighted by Gasteiger charge is -2.19. The molecule has 1 unspecified atom stereocenters. The number of oxazole rings is 1. The molecular weight excluding hydrogens is 272 g/mol. The van der Waals surface area contributed by atoms with Crippen LogP contribution in [0, 0.1) is 4.84 Å². The van der Waals surface area contributed by atoms with E-state index >= 15 is 0 Å². The van der Waals surface area contributed by atoms with Gasteiger partial charge in [0.2, 0.25) is 0 Å². The Bertz CT molecular complexity index is 608. The first-order chi connectivity index (χ1) is 9.36. The molecule has 0 fully saturated rings. The molecule has 0 saturated carbocycles. The Morgan fingerprint density at radius 3 is 2.45 bits per heavy atom. The molecule has 0 amide bonds. The second-order valence-electron chi connectivity index (χ2n) is 5.80. The summed E-state index contributed by atoms with van der Waals surface area (Å²) < 4.78 is 5.17. The van der Waals surface area contributed by atoms with Crippen molar-refractivity contribution in [3.8, 4) is 0 Å². The monoisotopic (exact) mass is 292 g/mol. The first-order valence-electron chi connectivity index (χ1n) is 6.57. The summed E-state index contributed by atoms with van der Waals surface area (Å²) in [5.74, 6) is 0.439. The van der Waals surface area contributed by atoms with Gasteiger partial charge in [-0.25, -0.2) is 0 Å². The van der Waals surface area contributed by atoms with Crippen LogP contribution in [0.2, 0.25) is 0 Å². The van der Waals surface area contributed by atoms with Crippen molar-refractivity contribution in [3.63, 3.8) is 0 Å². The van der Waals surface area contributed by atoms with Crippen molar-refractivity contribution >= 4 is 17.9 Å². The molecule has 2 aromatic rings. The van der Waals surface area contributed by atoms with E-state index in [2.05, 4.69) is 43.2 Å². The highest BCUT2D eigenvalue weighted by atomic mass is 32.1. The molecule has 0 spiro atoms. The zero-order valence-electron chi connectivity index (χ0n) is 11.9. The molecule has 108 valence electrons. The van der Waals surface area contributed by atoms with E-state index in [4.69, 9.17) is 16.6 Å². The molecule has 20 heavy (non-hydrogen) atoms. The lowest BCUT2D eigenvalue weighted by atomic mass is 9.87. The van der Waals surface area contributed by atoms with Crippen LogP contribution in [0.3, 0.4) is 0 Å². The molecule has 0 radical (unpaired) electrons. The highest BCUT2D eigenvalue weighted by molar-refractivity contribution is 7.71. The van der Waals surface area contributed by atoms with E-state index in [0.717, 1.165) is 5.69 Å². The fraction of sp³-hybridized carbons (Fsp3) is 0.400. The minimum Gasteiger partial charge on any atom is -0.432 e. The first-order valence-corrected chi connectivity index (χ1v) is 6.98. The SMILES string of the molecule is CC(C)(C)c1ccc(NCC(O)c2c[nH]c(=S)o2)cc1. The Morgan fingerprint density at radius 1 is 1.30 bits per heavy atom. The summed E-state index contributed by atoms with van der Waals surface area (Å²) in [6.45, 7) is 6.90. The van der Waals surface area contributed by atoms with Crippen molar-refractivity contribution < 1.29 is 9.52 Å². The number of benzene rings is 1. The largest absolute Gasteiger partial charge is 0.432 e. The van der Waals surface area contributed by atoms with Gasteiger partial charge in [-0.1, -0.05) is 32.9 Å². The standard InChI is InChI=1S/C15H20N2O2S/c1-15(2,3)10-4-6-11(7-5-10)16-8-12(18)13-9-17-14(20)19-13/h4-7,9,12,16,18H,8H2,1-3H3,(H,17,20). The summed E-state index contributed by atoms with van der Waals surface area (Å²) >= 11 is 4.83. The van der Waals surface area contributed by atoms with Crippen LogP contribution in [-0.2, 0) is 5.41 Å². The zero-order valence-corrected chi connectivity index (χ0v) is 12.8. The number of aromatic amines is 1. The Hall–Kier alpha value is -1.59. The lowest BCUT2D eigenvalue weighted by Crippen LogP contribution is -2.13. The van der Waals surface area contributed by atoms with E-state index < -0.39 is 6.10 Å². The van der Waals surface area contributed by atoms with E-state index in [-0.39, 0.29) is 10.3 Å². The minimum atomic E-state index is -0.731. The second kappa shape index (κ2) is 5.81. The van der Waals surface area contributed by atoms with Gasteiger partial charge in [-0.15, -0.1) is 0 Å². The summed E-state index contributed by atoms with van der Waals surface area (Å²) in [6, 6.07) is 8.22. The van der Waals surface area contributed by atoms with Gasteiger partial charge in [-0.2, -0.15) is 0 Å². The Kier molecular flexibility index (Phi) is 4.30. The molecule has 0 aliphatic carbocycles. The maximum Gasteiger partial charge on any atom is 0.266 e. The molecule has 3 N–H and O–H groups in total. The Labute approximate surface area is 123 Å². The third kappa shape index (κ3) is 3.71. The van der Waals surface area contributed by atoms with E-state index in [0.29, 0.717) is 12.3 Å². The van der Waals surface area contributed by atoms with Gasteiger partial charge in [0.25, 0.3) is 4.84 Å². The predicted octanol–water partition coefficient (Wildman–Crippen LogP) is 3.78. The van der Waals surface area contributed by atoms with Crippen molar-refractivity contribution in [1.82, 2.24) is 4.98 Å². The quantitative estimate of drug-likeness (QED) is 0.751. The summed E-state index contributed by atoms with van der Waals surface area (Å²) in [5.41, 5.74) is 2.38. The number of anilines is 1. The highest BCUT2D eigenvalue weighted by Crippen LogP contribution is 2.23. The number of H-pyrrole nitrogens is 1. The maximum atomic E-state index is 9.96. The number of aromatic nitrogens is 1. The summed E-state index contributed by atoms with van der Waals surface area (Å²) in [6.07, 6.45) is 0.849. The molecule has 1 heterocycles. The molecule has 0 bridgehead atoms. The maximum absolute atomic E-state index is 9.96. The van der Waals surface area contributed by atoms with Gasteiger partial charge < -0.3 is 19.8 Å². The molecule has 1 aromatic heterocycles. The number of aliphatic hydroxyl groups is 1. The molecule has 0 saturated heterocycles. The van der Waals surface area contributed by atoms with Crippen LogP contribution < -0.4 is 5.32 Å². The molecule has 1 aromatic carbocycles. The van der Waals surface area contributed by atoms with Crippen molar-refractivity contribution in [2.45, 2.75) is 32.3 Å². The van der Waals surface area contributed by atoms with Gasteiger partial charge in [0.15, 0.2) is 5.76 Å². The van der Waals surface area contributed by atoms with Crippen LogP contribution in [0.5, 0.6) is 0 Å². The molecule has 4 nitrogen and oxygen atoms in total. The van der Waals surface area contributed by atoms with Crippen molar-refractivity contribution in [3.05, 3.63) is 46.6 Å². The average Bonchev–Trinajstić information content (AvgIpc) is 2.82. The highest BCUT2D eigenvalue weighted by Gasteiger charge is 2.14. The van der Waals surface area contributed by atoms with Crippen LogP contribution in [-0.4, -0.2) is 16.6 Å². The molecule has 2 rings (SSSR count). The smallest absolute Gasteiger partial charge is 0.266 e. The zero-order chi connectivity index (χ0) is 14.8. The average molecular weight is 292 g/mol. The van der Waals surface area contributed by atoms with Gasteiger partial charge in [-0.05, 0) is 35.3 Å². The van der Waals surface area contributed by atoms with Gasteiger partial charge >= 0.3 is 0 Å². The topological polar surface area (TPSA) is 61.2 Å². The normalized spacial score (nSPS) is 13.2. The van der Waals surface area contributed by atoms with Gasteiger partial charge in [0.1, 0.15) is 6.10 Å². The number of nitrogens with one attached hydrogen (secondary N) is 2. The van der Waals surface area contributed by atoms with Crippen LogP contribution in [0.15, 0.2) is 34.9 Å². The molecular formula is C15H20N2O2S. The Balaban J connectivity index is 1.96. The van der Waals surface area contributed by atoms with E-state index in [1.54, 1.807) is 6.20 Å². The van der Waals surface area contributed by atoms with Gasteiger partial charge in [0, 0.05) is 18.4 Å². The van der Waals surface area contributed by atoms with E-state index in [1.165, 1.54) is 5.56 Å². The van der Waals surface area contributed by atoms with Crippen LogP contribution in [0.1, 0.15) is 38.2 Å². The molecule has 5 heteroatoms. The van der Waals surface area contributed by atoms with Crippen LogP contribution in [0.4, 0.5) is 5.69 Å². The number of rotatable bonds is 4. The third-order valence-electron chi connectivity index (χ3n) is 3.12. The van der Waals surface area contributed by atoms with Crippen LogP contribution in [0.25, 0.3) is 0 Å². The molecule has 0 aliphatic rings. The van der Waals surface area contributed by atoms with Crippen LogP contribution >= 0.6 is 12.2 Å². The van der Waals surface area contributed by atoms with Crippen molar-refractivity contribution in [2.24, 2.45) is 0 Å². The van der Waals surface area contributed by atoms with E-state index in [9.17, 15) is 5.11 Å². The second-order valence-corrected chi connectivity index (χ2v) is 6.18. The fourth-order valence-electron chi connectivity index (χ4n) is 1.86. The van der Waals surface area contributed by atoms with E-state index in [1.807, 2.05) is 12.1 Å². The third-order valence-corrected chi connectivity index (χ3v) is 3.32. The Morgan fingerprint density at radius 2 is 1.95 bits per heavy atom. The number of hydrogen-bond acceptors (Lipinski definition) is 4. The summed E-state index contributed by atoms with van der Waals surface area (Å²) in [5, 5.41) is 13.1. The summed E-state index contributed by atoms with van der Waals surface area (Å²) in [7, 11) is 0. The van der Waals surface area contributed by atoms with Crippen molar-refractivity contribution in [1.29, 1.82) is 0 Å². The minimum absolute atomic E-state index is 0.141. The number of hydrogen-bond donors (Lipinski definition) is 3. The van der Waals surface area contributed by atoms with Gasteiger partial charge in [-0.3, -0.25) is 0 Å². The van der Waals surface area contributed by atoms with Gasteiger partial charge in [0.05, 0.1) is 0 Å². The molecule has 1 atom stereocenters. The summed E-state index contributed by atoms with van der Waals surface area (Å²) in [4.78, 5) is 3.00. The fourth-order valence-corrected chi connectivity index (χ4v) is 2.02. The lowest BCUT2D eigenvalue weighted by molar-refractivity contribution is 0.161. The number of aliphatic hydroxyl groups excluding tert-OH is 1. The first kappa shape index (κ1) is 14.8. The molecule has 0 aliphatic heterocycles. The van der Waals surface area contributed by atoms with Crippen molar-refractivity contribution in [2.75, 3.05) is 11.9 Å². The predicted molar refractivity (Wildman–Crippen MR) is 82.5 cm³/mol.